The van der Waals surface area contributed by atoms with Crippen molar-refractivity contribution in [3.63, 3.8) is 0 Å². The molecule has 0 saturated heterocycles. The topological polar surface area (TPSA) is 84.5 Å². The smallest absolute Gasteiger partial charge is 0.265 e. The monoisotopic (exact) mass is 406 g/mol. The predicted molar refractivity (Wildman–Crippen MR) is 108 cm³/mol. The summed E-state index contributed by atoms with van der Waals surface area (Å²) in [5, 5.41) is 3.10. The van der Waals surface area contributed by atoms with Gasteiger partial charge in [0.25, 0.3) is 10.0 Å². The van der Waals surface area contributed by atoms with E-state index in [0.717, 1.165) is 0 Å². The number of benzene rings is 2. The van der Waals surface area contributed by atoms with E-state index in [9.17, 15) is 13.2 Å². The lowest BCUT2D eigenvalue weighted by molar-refractivity contribution is -0.111. The Morgan fingerprint density at radius 1 is 1.07 bits per heavy atom. The summed E-state index contributed by atoms with van der Waals surface area (Å²) >= 11 is 5.82. The number of carbonyl (C=O) groups is 1. The average Bonchev–Trinajstić information content (AvgIpc) is 2.63. The van der Waals surface area contributed by atoms with Crippen LogP contribution in [0, 0.1) is 0 Å². The second kappa shape index (κ2) is 9.25. The minimum Gasteiger partial charge on any atom is -0.495 e. The number of rotatable bonds is 7. The van der Waals surface area contributed by atoms with E-state index in [-0.39, 0.29) is 16.6 Å². The molecule has 0 radical (unpaired) electrons. The molecule has 2 rings (SSSR count). The molecule has 142 valence electrons. The second-order valence-electron chi connectivity index (χ2n) is 5.35. The third-order valence-corrected chi connectivity index (χ3v) is 5.02. The molecule has 0 bridgehead atoms. The van der Waals surface area contributed by atoms with Gasteiger partial charge in [-0.2, -0.15) is 0 Å². The maximum Gasteiger partial charge on any atom is 0.265 e. The van der Waals surface area contributed by atoms with Crippen molar-refractivity contribution in [3.05, 3.63) is 71.8 Å². The first kappa shape index (κ1) is 20.5. The minimum atomic E-state index is -3.95. The SMILES string of the molecule is C/C=C/C=C/C(=O)Nc1ccc(OC)c(S(=O)(=O)Nc2ccc(Cl)cc2)c1. The van der Waals surface area contributed by atoms with Crippen LogP contribution in [0.1, 0.15) is 6.92 Å². The van der Waals surface area contributed by atoms with Gasteiger partial charge in [-0.3, -0.25) is 9.52 Å². The van der Waals surface area contributed by atoms with Crippen molar-refractivity contribution in [2.24, 2.45) is 0 Å². The molecule has 8 heteroatoms. The van der Waals surface area contributed by atoms with Gasteiger partial charge in [0, 0.05) is 22.5 Å². The van der Waals surface area contributed by atoms with Crippen LogP contribution in [0.4, 0.5) is 11.4 Å². The van der Waals surface area contributed by atoms with E-state index >= 15 is 0 Å². The maximum atomic E-state index is 12.8. The number of halogens is 1. The van der Waals surface area contributed by atoms with Crippen LogP contribution in [0.3, 0.4) is 0 Å². The zero-order chi connectivity index (χ0) is 19.9. The zero-order valence-electron chi connectivity index (χ0n) is 14.8. The Morgan fingerprint density at radius 2 is 1.74 bits per heavy atom. The molecule has 2 aromatic rings. The number of ether oxygens (including phenoxy) is 1. The van der Waals surface area contributed by atoms with Crippen LogP contribution in [0.5, 0.6) is 5.75 Å². The first-order valence-corrected chi connectivity index (χ1v) is 9.78. The Kier molecular flexibility index (Phi) is 7.04. The summed E-state index contributed by atoms with van der Waals surface area (Å²) in [6.07, 6.45) is 6.41. The van der Waals surface area contributed by atoms with Crippen LogP contribution in [0.25, 0.3) is 0 Å². The normalized spacial score (nSPS) is 11.7. The van der Waals surface area contributed by atoms with Crippen molar-refractivity contribution in [1.29, 1.82) is 0 Å². The Balaban J connectivity index is 2.30. The summed E-state index contributed by atoms with van der Waals surface area (Å²) in [4.78, 5) is 11.8. The highest BCUT2D eigenvalue weighted by atomic mass is 35.5. The van der Waals surface area contributed by atoms with Gasteiger partial charge in [-0.1, -0.05) is 29.8 Å². The standard InChI is InChI=1S/C19H19ClN2O4S/c1-3-4-5-6-19(23)21-16-11-12-17(26-2)18(13-16)27(24,25)22-15-9-7-14(20)8-10-15/h3-13,22H,1-2H3,(H,21,23)/b4-3+,6-5+. The molecule has 0 heterocycles. The van der Waals surface area contributed by atoms with E-state index in [1.54, 1.807) is 48.6 Å². The lowest BCUT2D eigenvalue weighted by atomic mass is 10.3. The number of anilines is 2. The number of hydrogen-bond acceptors (Lipinski definition) is 4. The molecule has 0 aromatic heterocycles. The molecule has 0 aliphatic carbocycles. The van der Waals surface area contributed by atoms with Gasteiger partial charge in [-0.05, 0) is 49.4 Å². The van der Waals surface area contributed by atoms with Gasteiger partial charge in [0.2, 0.25) is 5.91 Å². The summed E-state index contributed by atoms with van der Waals surface area (Å²) in [6.45, 7) is 1.83. The van der Waals surface area contributed by atoms with Crippen molar-refractivity contribution in [1.82, 2.24) is 0 Å². The van der Waals surface area contributed by atoms with Crippen molar-refractivity contribution >= 4 is 38.9 Å². The highest BCUT2D eigenvalue weighted by molar-refractivity contribution is 7.92. The highest BCUT2D eigenvalue weighted by Crippen LogP contribution is 2.29. The highest BCUT2D eigenvalue weighted by Gasteiger charge is 2.20. The third kappa shape index (κ3) is 5.87. The molecule has 0 aliphatic heterocycles. The second-order valence-corrected chi connectivity index (χ2v) is 7.44. The first-order valence-electron chi connectivity index (χ1n) is 7.92. The molecule has 1 amide bonds. The summed E-state index contributed by atoms with van der Waals surface area (Å²) in [5.41, 5.74) is 0.674. The summed E-state index contributed by atoms with van der Waals surface area (Å²) in [7, 11) is -2.58. The van der Waals surface area contributed by atoms with Crippen molar-refractivity contribution in [2.75, 3.05) is 17.1 Å². The zero-order valence-corrected chi connectivity index (χ0v) is 16.3. The first-order chi connectivity index (χ1) is 12.9. The lowest BCUT2D eigenvalue weighted by Crippen LogP contribution is -2.15. The Bertz CT molecular complexity index is 968. The third-order valence-electron chi connectivity index (χ3n) is 3.37. The van der Waals surface area contributed by atoms with Crippen molar-refractivity contribution in [3.8, 4) is 5.75 Å². The minimum absolute atomic E-state index is 0.102. The number of amides is 1. The van der Waals surface area contributed by atoms with Crippen molar-refractivity contribution < 1.29 is 17.9 Å². The van der Waals surface area contributed by atoms with Gasteiger partial charge in [0.05, 0.1) is 7.11 Å². The van der Waals surface area contributed by atoms with Gasteiger partial charge in [0.1, 0.15) is 10.6 Å². The molecule has 2 aromatic carbocycles. The van der Waals surface area contributed by atoms with Crippen LogP contribution in [-0.2, 0) is 14.8 Å². The Labute approximate surface area is 163 Å². The van der Waals surface area contributed by atoms with Gasteiger partial charge >= 0.3 is 0 Å². The number of sulfonamides is 1. The van der Waals surface area contributed by atoms with E-state index in [1.807, 2.05) is 6.92 Å². The fourth-order valence-electron chi connectivity index (χ4n) is 2.13. The van der Waals surface area contributed by atoms with Gasteiger partial charge in [0.15, 0.2) is 0 Å². The number of hydrogen-bond donors (Lipinski definition) is 2. The molecule has 0 atom stereocenters. The fourth-order valence-corrected chi connectivity index (χ4v) is 3.51. The van der Waals surface area contributed by atoms with E-state index in [0.29, 0.717) is 16.4 Å². The lowest BCUT2D eigenvalue weighted by Gasteiger charge is -2.13. The van der Waals surface area contributed by atoms with Crippen LogP contribution in [0.15, 0.2) is 71.7 Å². The van der Waals surface area contributed by atoms with Gasteiger partial charge in [-0.25, -0.2) is 8.42 Å². The molecule has 0 fully saturated rings. The molecule has 0 aliphatic rings. The molecule has 6 nitrogen and oxygen atoms in total. The summed E-state index contributed by atoms with van der Waals surface area (Å²) < 4.78 is 33.1. The van der Waals surface area contributed by atoms with Crippen LogP contribution in [0.2, 0.25) is 5.02 Å². The van der Waals surface area contributed by atoms with Gasteiger partial charge < -0.3 is 10.1 Å². The fraction of sp³-hybridized carbons (Fsp3) is 0.105. The van der Waals surface area contributed by atoms with Crippen LogP contribution >= 0.6 is 11.6 Å². The number of allylic oxidation sites excluding steroid dienone is 3. The number of carbonyl (C=O) groups excluding carboxylic acids is 1. The van der Waals surface area contributed by atoms with E-state index in [2.05, 4.69) is 10.0 Å². The molecular formula is C19H19ClN2O4S. The molecule has 27 heavy (non-hydrogen) atoms. The van der Waals surface area contributed by atoms with Crippen molar-refractivity contribution in [2.45, 2.75) is 11.8 Å². The summed E-state index contributed by atoms with van der Waals surface area (Å²) in [5.74, 6) is -0.230. The molecular weight excluding hydrogens is 388 g/mol. The van der Waals surface area contributed by atoms with Crippen LogP contribution in [-0.4, -0.2) is 21.4 Å². The quantitative estimate of drug-likeness (QED) is 0.532. The summed E-state index contributed by atoms with van der Waals surface area (Å²) in [6, 6.07) is 10.6. The van der Waals surface area contributed by atoms with E-state index in [4.69, 9.17) is 16.3 Å². The molecule has 0 saturated carbocycles. The molecule has 2 N–H and O–H groups in total. The largest absolute Gasteiger partial charge is 0.495 e. The predicted octanol–water partition coefficient (Wildman–Crippen LogP) is 4.22. The van der Waals surface area contributed by atoms with E-state index < -0.39 is 10.0 Å². The maximum absolute atomic E-state index is 12.8. The number of methoxy groups -OCH3 is 1. The van der Waals surface area contributed by atoms with E-state index in [1.165, 1.54) is 25.3 Å². The molecule has 0 spiro atoms. The van der Waals surface area contributed by atoms with Gasteiger partial charge in [-0.15, -0.1) is 0 Å². The van der Waals surface area contributed by atoms with Crippen LogP contribution < -0.4 is 14.8 Å². The molecule has 0 unspecified atom stereocenters. The Morgan fingerprint density at radius 3 is 2.37 bits per heavy atom. The average molecular weight is 407 g/mol. The Hall–Kier alpha value is -2.77. The number of nitrogens with one attached hydrogen (secondary N) is 2.